The molecule has 0 radical (unpaired) electrons. The Morgan fingerprint density at radius 3 is 2.34 bits per heavy atom. The van der Waals surface area contributed by atoms with E-state index in [2.05, 4.69) is 33.4 Å². The SMILES string of the molecule is O=P(O)(O)OP(=O)(O)OP(=O)(O)OC[C@H]1O[C@@H](n2cnc3c(NCc4ccccc4)ncnc32)[C@H](O)[C@@H]1O. The molecule has 4 rings (SSSR count). The van der Waals surface area contributed by atoms with Crippen molar-refractivity contribution in [2.75, 3.05) is 11.9 Å². The Kier molecular flexibility index (Phi) is 8.47. The number of hydrogen-bond acceptors (Lipinski definition) is 13. The zero-order valence-corrected chi connectivity index (χ0v) is 21.6. The third kappa shape index (κ3) is 7.08. The van der Waals surface area contributed by atoms with Crippen LogP contribution in [0.3, 0.4) is 0 Å². The van der Waals surface area contributed by atoms with Crippen LogP contribution in [0.1, 0.15) is 11.8 Å². The molecule has 0 spiro atoms. The lowest BCUT2D eigenvalue weighted by Gasteiger charge is -2.19. The number of aromatic nitrogens is 4. The number of phosphoric acid groups is 3. The van der Waals surface area contributed by atoms with Gasteiger partial charge in [0.2, 0.25) is 0 Å². The third-order valence-corrected chi connectivity index (χ3v) is 8.89. The zero-order valence-electron chi connectivity index (χ0n) is 18.9. The molecule has 7 N–H and O–H groups in total. The van der Waals surface area contributed by atoms with Crippen LogP contribution < -0.4 is 5.32 Å². The van der Waals surface area contributed by atoms with Crippen LogP contribution in [0, 0.1) is 0 Å². The van der Waals surface area contributed by atoms with Gasteiger partial charge in [0.15, 0.2) is 23.2 Å². The van der Waals surface area contributed by atoms with E-state index in [4.69, 9.17) is 14.5 Å². The minimum Gasteiger partial charge on any atom is -0.387 e. The molecule has 0 saturated carbocycles. The summed E-state index contributed by atoms with van der Waals surface area (Å²) in [6.07, 6.45) is -3.51. The molecule has 0 aliphatic carbocycles. The summed E-state index contributed by atoms with van der Waals surface area (Å²) in [6.45, 7) is -0.520. The number of hydrogen-bond donors (Lipinski definition) is 7. The topological polar surface area (TPSA) is 265 Å². The number of nitrogens with zero attached hydrogens (tertiary/aromatic N) is 4. The van der Waals surface area contributed by atoms with Crippen LogP contribution in [0.25, 0.3) is 11.2 Å². The van der Waals surface area contributed by atoms with E-state index in [1.807, 2.05) is 30.3 Å². The lowest BCUT2D eigenvalue weighted by Crippen LogP contribution is -2.33. The van der Waals surface area contributed by atoms with Gasteiger partial charge in [-0.25, -0.2) is 28.6 Å². The fourth-order valence-electron chi connectivity index (χ4n) is 3.52. The highest BCUT2D eigenvalue weighted by Gasteiger charge is 2.47. The van der Waals surface area contributed by atoms with E-state index < -0.39 is 54.6 Å². The molecule has 21 heteroatoms. The molecule has 208 valence electrons. The molecule has 18 nitrogen and oxygen atoms in total. The lowest BCUT2D eigenvalue weighted by atomic mass is 10.1. The number of aliphatic hydroxyl groups is 2. The molecule has 1 saturated heterocycles. The van der Waals surface area contributed by atoms with Gasteiger partial charge in [-0.15, -0.1) is 0 Å². The summed E-state index contributed by atoms with van der Waals surface area (Å²) >= 11 is 0. The molecule has 0 amide bonds. The number of phosphoric ester groups is 1. The maximum Gasteiger partial charge on any atom is 0.490 e. The first-order valence-electron chi connectivity index (χ1n) is 10.5. The Morgan fingerprint density at radius 2 is 1.66 bits per heavy atom. The fraction of sp³-hybridized carbons (Fsp3) is 0.353. The Balaban J connectivity index is 1.44. The molecular formula is C17H22N5O13P3. The highest BCUT2D eigenvalue weighted by molar-refractivity contribution is 7.66. The van der Waals surface area contributed by atoms with Gasteiger partial charge < -0.3 is 39.8 Å². The molecule has 1 fully saturated rings. The van der Waals surface area contributed by atoms with Gasteiger partial charge in [0.25, 0.3) is 0 Å². The summed E-state index contributed by atoms with van der Waals surface area (Å²) in [6, 6.07) is 9.47. The van der Waals surface area contributed by atoms with Crippen molar-refractivity contribution in [1.82, 2.24) is 19.5 Å². The van der Waals surface area contributed by atoms with Gasteiger partial charge in [0, 0.05) is 6.54 Å². The molecule has 2 aromatic heterocycles. The summed E-state index contributed by atoms with van der Waals surface area (Å²) in [4.78, 5) is 48.6. The molecule has 3 heterocycles. The molecule has 1 aliphatic heterocycles. The summed E-state index contributed by atoms with van der Waals surface area (Å²) in [7, 11) is -16.7. The van der Waals surface area contributed by atoms with E-state index in [0.717, 1.165) is 5.56 Å². The van der Waals surface area contributed by atoms with Gasteiger partial charge in [0.05, 0.1) is 12.9 Å². The van der Waals surface area contributed by atoms with Crippen molar-refractivity contribution in [2.24, 2.45) is 0 Å². The van der Waals surface area contributed by atoms with Crippen LogP contribution in [0.5, 0.6) is 0 Å². The van der Waals surface area contributed by atoms with Crippen molar-refractivity contribution in [3.63, 3.8) is 0 Å². The maximum absolute atomic E-state index is 12.0. The first-order chi connectivity index (χ1) is 17.7. The molecule has 0 bridgehead atoms. The van der Waals surface area contributed by atoms with Crippen LogP contribution in [0.4, 0.5) is 5.82 Å². The number of rotatable bonds is 11. The van der Waals surface area contributed by atoms with Gasteiger partial charge in [-0.05, 0) is 5.56 Å². The van der Waals surface area contributed by atoms with Crippen LogP contribution in [-0.2, 0) is 38.1 Å². The number of anilines is 1. The lowest BCUT2D eigenvalue weighted by molar-refractivity contribution is -0.0503. The van der Waals surface area contributed by atoms with Crippen molar-refractivity contribution >= 4 is 40.4 Å². The predicted octanol–water partition coefficient (Wildman–Crippen LogP) is 0.401. The molecular weight excluding hydrogens is 575 g/mol. The van der Waals surface area contributed by atoms with E-state index in [1.54, 1.807) is 0 Å². The smallest absolute Gasteiger partial charge is 0.387 e. The van der Waals surface area contributed by atoms with Crippen LogP contribution in [0.2, 0.25) is 0 Å². The Bertz CT molecular complexity index is 1420. The Labute approximate surface area is 213 Å². The molecule has 1 aromatic carbocycles. The molecule has 1 aliphatic rings. The third-order valence-electron chi connectivity index (χ3n) is 5.09. The summed E-state index contributed by atoms with van der Waals surface area (Å²) in [5.41, 5.74) is 1.53. The minimum absolute atomic E-state index is 0.223. The van der Waals surface area contributed by atoms with Gasteiger partial charge in [0.1, 0.15) is 24.6 Å². The fourth-order valence-corrected chi connectivity index (χ4v) is 6.55. The molecule has 38 heavy (non-hydrogen) atoms. The maximum atomic E-state index is 12.0. The summed E-state index contributed by atoms with van der Waals surface area (Å²) in [5.74, 6) is 0.384. The van der Waals surface area contributed by atoms with Crippen molar-refractivity contribution in [1.29, 1.82) is 0 Å². The van der Waals surface area contributed by atoms with Crippen molar-refractivity contribution in [2.45, 2.75) is 31.1 Å². The summed E-state index contributed by atoms with van der Waals surface area (Å²) < 4.78 is 52.7. The number of fused-ring (bicyclic) bond motifs is 1. The van der Waals surface area contributed by atoms with E-state index in [9.17, 15) is 33.7 Å². The van der Waals surface area contributed by atoms with Crippen molar-refractivity contribution in [3.05, 3.63) is 48.5 Å². The Morgan fingerprint density at radius 1 is 0.947 bits per heavy atom. The standard InChI is InChI=1S/C17H22N5O13P3/c23-13-11(7-32-37(28,29)35-38(30,31)34-36(25,26)27)33-17(14(13)24)22-9-21-12-15(19-8-20-16(12)22)18-6-10-4-2-1-3-5-10/h1-5,8-9,11,13-14,17,23-24H,6-7H2,(H,28,29)(H,30,31)(H,18,19,20)(H2,25,26,27)/t11-,13-,14-,17-/m1/s1. The second kappa shape index (κ2) is 11.2. The van der Waals surface area contributed by atoms with Crippen LogP contribution in [-0.4, -0.2) is 74.2 Å². The first-order valence-corrected chi connectivity index (χ1v) is 15.0. The molecule has 2 unspecified atom stereocenters. The average molecular weight is 597 g/mol. The monoisotopic (exact) mass is 597 g/mol. The zero-order chi connectivity index (χ0) is 27.7. The Hall–Kier alpha value is -2.14. The van der Waals surface area contributed by atoms with Gasteiger partial charge in [-0.3, -0.25) is 9.09 Å². The number of benzene rings is 1. The first kappa shape index (κ1) is 28.9. The van der Waals surface area contributed by atoms with Gasteiger partial charge >= 0.3 is 23.5 Å². The quantitative estimate of drug-likeness (QED) is 0.147. The van der Waals surface area contributed by atoms with Crippen molar-refractivity contribution < 1.29 is 61.4 Å². The van der Waals surface area contributed by atoms with E-state index >= 15 is 0 Å². The second-order valence-electron chi connectivity index (χ2n) is 7.82. The largest absolute Gasteiger partial charge is 0.490 e. The van der Waals surface area contributed by atoms with Gasteiger partial charge in [-0.2, -0.15) is 8.62 Å². The summed E-state index contributed by atoms with van der Waals surface area (Å²) in [5, 5.41) is 24.0. The predicted molar refractivity (Wildman–Crippen MR) is 125 cm³/mol. The van der Waals surface area contributed by atoms with Gasteiger partial charge in [-0.1, -0.05) is 30.3 Å². The number of ether oxygens (including phenoxy) is 1. The van der Waals surface area contributed by atoms with E-state index in [0.29, 0.717) is 17.9 Å². The minimum atomic E-state index is -5.72. The van der Waals surface area contributed by atoms with E-state index in [1.165, 1.54) is 17.2 Å². The highest BCUT2D eigenvalue weighted by Crippen LogP contribution is 2.66. The molecule has 6 atom stereocenters. The second-order valence-corrected chi connectivity index (χ2v) is 12.2. The normalized spacial score (nSPS) is 25.2. The molecule has 3 aromatic rings. The highest BCUT2D eigenvalue weighted by atomic mass is 31.3. The number of imidazole rings is 1. The average Bonchev–Trinajstić information content (AvgIpc) is 3.36. The number of nitrogens with one attached hydrogen (secondary N) is 1. The van der Waals surface area contributed by atoms with E-state index in [-0.39, 0.29) is 5.65 Å². The van der Waals surface area contributed by atoms with Crippen LogP contribution in [0.15, 0.2) is 43.0 Å². The number of aliphatic hydroxyl groups excluding tert-OH is 2. The van der Waals surface area contributed by atoms with Crippen molar-refractivity contribution in [3.8, 4) is 0 Å². The van der Waals surface area contributed by atoms with Crippen LogP contribution >= 0.6 is 23.5 Å².